The van der Waals surface area contributed by atoms with E-state index in [1.165, 1.54) is 0 Å². The van der Waals surface area contributed by atoms with E-state index in [4.69, 9.17) is 9.26 Å². The Morgan fingerprint density at radius 1 is 1.19 bits per heavy atom. The number of aromatic nitrogens is 2. The molecule has 1 amide bonds. The van der Waals surface area contributed by atoms with Crippen molar-refractivity contribution < 1.29 is 14.1 Å². The van der Waals surface area contributed by atoms with E-state index < -0.39 is 0 Å². The van der Waals surface area contributed by atoms with Gasteiger partial charge in [0.25, 0.3) is 0 Å². The molecule has 31 heavy (non-hydrogen) atoms. The van der Waals surface area contributed by atoms with Crippen molar-refractivity contribution in [3.63, 3.8) is 0 Å². The van der Waals surface area contributed by atoms with Crippen molar-refractivity contribution in [3.05, 3.63) is 53.6 Å². The Hall–Kier alpha value is -3.35. The van der Waals surface area contributed by atoms with E-state index in [0.29, 0.717) is 18.4 Å². The van der Waals surface area contributed by atoms with Crippen molar-refractivity contribution in [1.29, 1.82) is 0 Å². The predicted octanol–water partition coefficient (Wildman–Crippen LogP) is 4.24. The molecule has 2 heterocycles. The number of rotatable bonds is 5. The molecule has 1 aliphatic rings. The van der Waals surface area contributed by atoms with Gasteiger partial charge in [-0.05, 0) is 68.1 Å². The van der Waals surface area contributed by atoms with E-state index in [9.17, 15) is 4.79 Å². The van der Waals surface area contributed by atoms with Crippen molar-refractivity contribution in [1.82, 2.24) is 10.1 Å². The summed E-state index contributed by atoms with van der Waals surface area (Å²) in [4.78, 5) is 21.6. The quantitative estimate of drug-likeness (QED) is 0.615. The van der Waals surface area contributed by atoms with Crippen molar-refractivity contribution in [2.75, 3.05) is 37.0 Å². The summed E-state index contributed by atoms with van der Waals surface area (Å²) in [7, 11) is 3.49. The molecule has 7 nitrogen and oxygen atoms in total. The van der Waals surface area contributed by atoms with E-state index in [2.05, 4.69) is 28.3 Å². The second-order valence-electron chi connectivity index (χ2n) is 8.10. The van der Waals surface area contributed by atoms with E-state index in [1.54, 1.807) is 12.0 Å². The SMILES string of the molecule is COc1ccc(-c2noc(N3CCC[C@H](C(=O)N(C)c4cc(C)ccc4C)C3)n2)cc1. The van der Waals surface area contributed by atoms with Gasteiger partial charge in [-0.25, -0.2) is 0 Å². The minimum Gasteiger partial charge on any atom is -0.497 e. The molecule has 0 N–H and O–H groups in total. The largest absolute Gasteiger partial charge is 0.497 e. The molecule has 1 aromatic heterocycles. The Kier molecular flexibility index (Phi) is 5.93. The van der Waals surface area contributed by atoms with Crippen LogP contribution in [0, 0.1) is 19.8 Å². The number of hydrogen-bond acceptors (Lipinski definition) is 6. The molecule has 0 unspecified atom stereocenters. The average Bonchev–Trinajstić information content (AvgIpc) is 3.30. The number of anilines is 2. The summed E-state index contributed by atoms with van der Waals surface area (Å²) >= 11 is 0. The van der Waals surface area contributed by atoms with Crippen LogP contribution in [-0.4, -0.2) is 43.3 Å². The number of ether oxygens (including phenoxy) is 1. The first-order valence-corrected chi connectivity index (χ1v) is 10.5. The minimum atomic E-state index is -0.116. The molecule has 0 bridgehead atoms. The van der Waals surface area contributed by atoms with Crippen LogP contribution in [0.3, 0.4) is 0 Å². The first kappa shape index (κ1) is 20.9. The van der Waals surface area contributed by atoms with Gasteiger partial charge >= 0.3 is 6.01 Å². The van der Waals surface area contributed by atoms with Gasteiger partial charge < -0.3 is 19.1 Å². The number of nitrogens with zero attached hydrogens (tertiary/aromatic N) is 4. The summed E-state index contributed by atoms with van der Waals surface area (Å²) in [5.74, 6) is 1.31. The van der Waals surface area contributed by atoms with E-state index >= 15 is 0 Å². The second kappa shape index (κ2) is 8.79. The number of carbonyl (C=O) groups excluding carboxylic acids is 1. The van der Waals surface area contributed by atoms with Crippen LogP contribution in [-0.2, 0) is 4.79 Å². The van der Waals surface area contributed by atoms with Crippen LogP contribution in [0.15, 0.2) is 47.0 Å². The number of carbonyl (C=O) groups is 1. The smallest absolute Gasteiger partial charge is 0.324 e. The topological polar surface area (TPSA) is 71.7 Å². The lowest BCUT2D eigenvalue weighted by atomic mass is 9.96. The van der Waals surface area contributed by atoms with E-state index in [-0.39, 0.29) is 11.8 Å². The maximum Gasteiger partial charge on any atom is 0.324 e. The molecule has 1 fully saturated rings. The zero-order valence-electron chi connectivity index (χ0n) is 18.5. The second-order valence-corrected chi connectivity index (χ2v) is 8.10. The molecule has 4 rings (SSSR count). The molecule has 1 atom stereocenters. The zero-order valence-corrected chi connectivity index (χ0v) is 18.5. The van der Waals surface area contributed by atoms with Gasteiger partial charge in [-0.2, -0.15) is 4.98 Å². The Labute approximate surface area is 182 Å². The van der Waals surface area contributed by atoms with Crippen molar-refractivity contribution in [2.24, 2.45) is 5.92 Å². The number of amides is 1. The third-order valence-electron chi connectivity index (χ3n) is 5.86. The van der Waals surface area contributed by atoms with Gasteiger partial charge in [-0.15, -0.1) is 0 Å². The maximum absolute atomic E-state index is 13.2. The van der Waals surface area contributed by atoms with Gasteiger partial charge in [0.1, 0.15) is 5.75 Å². The van der Waals surface area contributed by atoms with Crippen LogP contribution in [0.25, 0.3) is 11.4 Å². The Morgan fingerprint density at radius 2 is 1.97 bits per heavy atom. The number of hydrogen-bond donors (Lipinski definition) is 0. The Morgan fingerprint density at radius 3 is 2.71 bits per heavy atom. The van der Waals surface area contributed by atoms with Crippen LogP contribution < -0.4 is 14.5 Å². The summed E-state index contributed by atoms with van der Waals surface area (Å²) in [5.41, 5.74) is 4.05. The van der Waals surface area contributed by atoms with Gasteiger partial charge in [0, 0.05) is 31.4 Å². The molecule has 3 aromatic rings. The van der Waals surface area contributed by atoms with Gasteiger partial charge in [0.2, 0.25) is 11.7 Å². The van der Waals surface area contributed by atoms with Crippen molar-refractivity contribution >= 4 is 17.6 Å². The Balaban J connectivity index is 1.47. The van der Waals surface area contributed by atoms with E-state index in [1.807, 2.05) is 50.1 Å². The van der Waals surface area contributed by atoms with Crippen molar-refractivity contribution in [3.8, 4) is 17.1 Å². The van der Waals surface area contributed by atoms with Crippen LogP contribution >= 0.6 is 0 Å². The number of methoxy groups -OCH3 is 1. The third-order valence-corrected chi connectivity index (χ3v) is 5.86. The summed E-state index contributed by atoms with van der Waals surface area (Å²) in [5, 5.41) is 4.13. The molecule has 2 aromatic carbocycles. The lowest BCUT2D eigenvalue weighted by molar-refractivity contribution is -0.122. The number of benzene rings is 2. The highest BCUT2D eigenvalue weighted by Gasteiger charge is 2.31. The van der Waals surface area contributed by atoms with Crippen LogP contribution in [0.1, 0.15) is 24.0 Å². The predicted molar refractivity (Wildman–Crippen MR) is 121 cm³/mol. The first-order chi connectivity index (χ1) is 15.0. The van der Waals surface area contributed by atoms with E-state index in [0.717, 1.165) is 47.5 Å². The molecular formula is C24H28N4O3. The standard InChI is InChI=1S/C24H28N4O3/c1-16-7-8-17(2)21(14-16)27(3)23(29)19-6-5-13-28(15-19)24-25-22(26-31-24)18-9-11-20(30-4)12-10-18/h7-12,14,19H,5-6,13,15H2,1-4H3/t19-/m0/s1. The number of aryl methyl sites for hydroxylation is 2. The monoisotopic (exact) mass is 420 g/mol. The maximum atomic E-state index is 13.2. The summed E-state index contributed by atoms with van der Waals surface area (Å²) < 4.78 is 10.7. The average molecular weight is 421 g/mol. The van der Waals surface area contributed by atoms with Gasteiger partial charge in [-0.1, -0.05) is 17.3 Å². The fourth-order valence-corrected chi connectivity index (χ4v) is 4.03. The van der Waals surface area contributed by atoms with Gasteiger partial charge in [0.15, 0.2) is 0 Å². The molecule has 1 aliphatic heterocycles. The summed E-state index contributed by atoms with van der Waals surface area (Å²) in [6, 6.07) is 14.2. The normalized spacial score (nSPS) is 16.3. The molecule has 0 radical (unpaired) electrons. The van der Waals surface area contributed by atoms with Crippen molar-refractivity contribution in [2.45, 2.75) is 26.7 Å². The molecule has 0 spiro atoms. The lowest BCUT2D eigenvalue weighted by Crippen LogP contribution is -2.44. The molecule has 0 aliphatic carbocycles. The van der Waals surface area contributed by atoms with Gasteiger partial charge in [0.05, 0.1) is 13.0 Å². The van der Waals surface area contributed by atoms with Crippen LogP contribution in [0.4, 0.5) is 11.7 Å². The molecule has 0 saturated carbocycles. The molecular weight excluding hydrogens is 392 g/mol. The highest BCUT2D eigenvalue weighted by Crippen LogP contribution is 2.28. The summed E-state index contributed by atoms with van der Waals surface area (Å²) in [6.45, 7) is 5.43. The van der Waals surface area contributed by atoms with Crippen LogP contribution in [0.2, 0.25) is 0 Å². The molecule has 1 saturated heterocycles. The molecule has 162 valence electrons. The summed E-state index contributed by atoms with van der Waals surface area (Å²) in [6.07, 6.45) is 1.75. The minimum absolute atomic E-state index is 0.116. The highest BCUT2D eigenvalue weighted by atomic mass is 16.5. The Bertz CT molecular complexity index is 1060. The third kappa shape index (κ3) is 4.40. The first-order valence-electron chi connectivity index (χ1n) is 10.5. The fourth-order valence-electron chi connectivity index (χ4n) is 4.03. The highest BCUT2D eigenvalue weighted by molar-refractivity contribution is 5.95. The zero-order chi connectivity index (χ0) is 22.0. The molecule has 7 heteroatoms. The lowest BCUT2D eigenvalue weighted by Gasteiger charge is -2.33. The fraction of sp³-hybridized carbons (Fsp3) is 0.375. The van der Waals surface area contributed by atoms with Crippen LogP contribution in [0.5, 0.6) is 5.75 Å². The number of piperidine rings is 1. The van der Waals surface area contributed by atoms with Gasteiger partial charge in [-0.3, -0.25) is 4.79 Å².